The van der Waals surface area contributed by atoms with E-state index in [0.717, 1.165) is 6.07 Å². The summed E-state index contributed by atoms with van der Waals surface area (Å²) in [6.07, 6.45) is -4.52. The second-order valence-electron chi connectivity index (χ2n) is 3.95. The number of alkyl halides is 3. The summed E-state index contributed by atoms with van der Waals surface area (Å²) < 4.78 is 39.7. The van der Waals surface area contributed by atoms with Gasteiger partial charge in [0.2, 0.25) is 0 Å². The lowest BCUT2D eigenvalue weighted by molar-refractivity contribution is -0.137. The van der Waals surface area contributed by atoms with Crippen molar-refractivity contribution in [2.75, 3.05) is 6.54 Å². The lowest BCUT2D eigenvalue weighted by Gasteiger charge is -2.11. The zero-order valence-corrected chi connectivity index (χ0v) is 11.2. The average Bonchev–Trinajstić information content (AvgIpc) is 2.84. The minimum atomic E-state index is -4.52. The Hall–Kier alpha value is -1.67. The molecular formula is C11H11ClF3N5. The third kappa shape index (κ3) is 3.07. The van der Waals surface area contributed by atoms with Crippen LogP contribution in [0, 0.1) is 0 Å². The molecule has 1 aromatic carbocycles. The molecule has 0 aliphatic heterocycles. The van der Waals surface area contributed by atoms with Gasteiger partial charge in [0, 0.05) is 0 Å². The molecule has 108 valence electrons. The molecule has 0 saturated carbocycles. The van der Waals surface area contributed by atoms with Crippen molar-refractivity contribution in [1.82, 2.24) is 25.5 Å². The number of hydrogen-bond donors (Lipinski definition) is 1. The number of nitrogens with one attached hydrogen (secondary N) is 1. The second kappa shape index (κ2) is 5.76. The molecular weight excluding hydrogens is 295 g/mol. The van der Waals surface area contributed by atoms with Crippen molar-refractivity contribution in [2.24, 2.45) is 0 Å². The van der Waals surface area contributed by atoms with Crippen LogP contribution >= 0.6 is 11.6 Å². The van der Waals surface area contributed by atoms with Gasteiger partial charge in [0.25, 0.3) is 0 Å². The number of hydrogen-bond acceptors (Lipinski definition) is 4. The fraction of sp³-hybridized carbons (Fsp3) is 0.364. The van der Waals surface area contributed by atoms with Gasteiger partial charge >= 0.3 is 6.18 Å². The number of nitrogens with zero attached hydrogens (tertiary/aromatic N) is 4. The molecule has 0 bridgehead atoms. The van der Waals surface area contributed by atoms with Crippen LogP contribution in [0.25, 0.3) is 5.69 Å². The van der Waals surface area contributed by atoms with Gasteiger partial charge in [0.05, 0.1) is 22.8 Å². The van der Waals surface area contributed by atoms with Gasteiger partial charge in [-0.05, 0) is 35.2 Å². The first-order valence-corrected chi connectivity index (χ1v) is 6.16. The predicted octanol–water partition coefficient (Wildman–Crippen LogP) is 2.44. The van der Waals surface area contributed by atoms with E-state index in [9.17, 15) is 13.2 Å². The maximum absolute atomic E-state index is 12.8. The standard InChI is InChI=1S/C11H11ClF3N5/c1-2-16-6-10-17-18-19-20(10)7-3-4-9(12)8(5-7)11(13,14)15/h3-5,16H,2,6H2,1H3. The van der Waals surface area contributed by atoms with E-state index in [0.29, 0.717) is 18.9 Å². The zero-order valence-electron chi connectivity index (χ0n) is 10.4. The lowest BCUT2D eigenvalue weighted by atomic mass is 10.2. The van der Waals surface area contributed by atoms with Gasteiger partial charge in [-0.15, -0.1) is 5.10 Å². The number of rotatable bonds is 4. The predicted molar refractivity (Wildman–Crippen MR) is 66.5 cm³/mol. The van der Waals surface area contributed by atoms with Crippen LogP contribution in [0.1, 0.15) is 18.3 Å². The van der Waals surface area contributed by atoms with Crippen molar-refractivity contribution in [3.05, 3.63) is 34.6 Å². The summed E-state index contributed by atoms with van der Waals surface area (Å²) in [4.78, 5) is 0. The normalized spacial score (nSPS) is 11.8. The van der Waals surface area contributed by atoms with Gasteiger partial charge in [0.1, 0.15) is 0 Å². The lowest BCUT2D eigenvalue weighted by Crippen LogP contribution is -2.16. The van der Waals surface area contributed by atoms with Gasteiger partial charge in [-0.3, -0.25) is 0 Å². The Morgan fingerprint density at radius 2 is 2.10 bits per heavy atom. The molecule has 2 rings (SSSR count). The molecule has 0 fully saturated rings. The van der Waals surface area contributed by atoms with E-state index in [1.807, 2.05) is 6.92 Å². The number of tetrazole rings is 1. The molecule has 0 spiro atoms. The van der Waals surface area contributed by atoms with E-state index in [-0.39, 0.29) is 10.7 Å². The average molecular weight is 306 g/mol. The largest absolute Gasteiger partial charge is 0.417 e. The Balaban J connectivity index is 2.41. The molecule has 0 radical (unpaired) electrons. The summed E-state index contributed by atoms with van der Waals surface area (Å²) in [5, 5.41) is 13.6. The summed E-state index contributed by atoms with van der Waals surface area (Å²) in [6.45, 7) is 2.95. The summed E-state index contributed by atoms with van der Waals surface area (Å²) in [5.74, 6) is 0.419. The van der Waals surface area contributed by atoms with Gasteiger partial charge in [-0.1, -0.05) is 18.5 Å². The third-order valence-corrected chi connectivity index (χ3v) is 2.90. The Labute approximate surface area is 117 Å². The third-order valence-electron chi connectivity index (χ3n) is 2.57. The SMILES string of the molecule is CCNCc1nnnn1-c1ccc(Cl)c(C(F)(F)F)c1. The van der Waals surface area contributed by atoms with Crippen molar-refractivity contribution in [1.29, 1.82) is 0 Å². The van der Waals surface area contributed by atoms with Crippen LogP contribution < -0.4 is 5.32 Å². The first-order chi connectivity index (χ1) is 9.43. The molecule has 20 heavy (non-hydrogen) atoms. The van der Waals surface area contributed by atoms with Crippen LogP contribution in [0.3, 0.4) is 0 Å². The zero-order chi connectivity index (χ0) is 14.8. The maximum atomic E-state index is 12.8. The quantitative estimate of drug-likeness (QED) is 0.942. The highest BCUT2D eigenvalue weighted by molar-refractivity contribution is 6.31. The van der Waals surface area contributed by atoms with E-state index in [4.69, 9.17) is 11.6 Å². The number of benzene rings is 1. The smallest absolute Gasteiger partial charge is 0.310 e. The molecule has 1 heterocycles. The monoisotopic (exact) mass is 305 g/mol. The highest BCUT2D eigenvalue weighted by Crippen LogP contribution is 2.35. The van der Waals surface area contributed by atoms with E-state index < -0.39 is 11.7 Å². The van der Waals surface area contributed by atoms with Crippen molar-refractivity contribution in [3.63, 3.8) is 0 Å². The molecule has 0 saturated heterocycles. The molecule has 1 N–H and O–H groups in total. The van der Waals surface area contributed by atoms with Crippen LogP contribution in [0.4, 0.5) is 13.2 Å². The number of aromatic nitrogens is 4. The molecule has 0 aliphatic rings. The highest BCUT2D eigenvalue weighted by Gasteiger charge is 2.33. The van der Waals surface area contributed by atoms with Crippen LogP contribution in [-0.2, 0) is 12.7 Å². The molecule has 0 unspecified atom stereocenters. The van der Waals surface area contributed by atoms with Crippen molar-refractivity contribution >= 4 is 11.6 Å². The molecule has 2 aromatic rings. The van der Waals surface area contributed by atoms with Crippen molar-refractivity contribution in [2.45, 2.75) is 19.6 Å². The van der Waals surface area contributed by atoms with Gasteiger partial charge in [-0.2, -0.15) is 17.9 Å². The first-order valence-electron chi connectivity index (χ1n) is 5.78. The first kappa shape index (κ1) is 14.7. The van der Waals surface area contributed by atoms with Crippen LogP contribution in [0.2, 0.25) is 5.02 Å². The van der Waals surface area contributed by atoms with E-state index in [1.165, 1.54) is 16.8 Å². The number of halogens is 4. The van der Waals surface area contributed by atoms with E-state index in [2.05, 4.69) is 20.8 Å². The summed E-state index contributed by atoms with van der Waals surface area (Å²) in [7, 11) is 0. The molecule has 0 amide bonds. The second-order valence-corrected chi connectivity index (χ2v) is 4.36. The van der Waals surface area contributed by atoms with Gasteiger partial charge in [0.15, 0.2) is 5.82 Å². The molecule has 5 nitrogen and oxygen atoms in total. The Kier molecular flexibility index (Phi) is 4.24. The van der Waals surface area contributed by atoms with Crippen LogP contribution in [0.15, 0.2) is 18.2 Å². The van der Waals surface area contributed by atoms with E-state index >= 15 is 0 Å². The topological polar surface area (TPSA) is 55.6 Å². The molecule has 1 aromatic heterocycles. The molecule has 9 heteroatoms. The van der Waals surface area contributed by atoms with Crippen LogP contribution in [-0.4, -0.2) is 26.8 Å². The maximum Gasteiger partial charge on any atom is 0.417 e. The van der Waals surface area contributed by atoms with Crippen molar-refractivity contribution < 1.29 is 13.2 Å². The summed E-state index contributed by atoms with van der Waals surface area (Å²) in [5.41, 5.74) is -0.707. The van der Waals surface area contributed by atoms with Crippen LogP contribution in [0.5, 0.6) is 0 Å². The fourth-order valence-electron chi connectivity index (χ4n) is 1.62. The fourth-order valence-corrected chi connectivity index (χ4v) is 1.84. The molecule has 0 atom stereocenters. The van der Waals surface area contributed by atoms with Gasteiger partial charge < -0.3 is 5.32 Å². The minimum Gasteiger partial charge on any atom is -0.310 e. The minimum absolute atomic E-state index is 0.208. The summed E-state index contributed by atoms with van der Waals surface area (Å²) in [6, 6.07) is 3.54. The Morgan fingerprint density at radius 1 is 1.35 bits per heavy atom. The Morgan fingerprint density at radius 3 is 2.75 bits per heavy atom. The van der Waals surface area contributed by atoms with E-state index in [1.54, 1.807) is 0 Å². The highest BCUT2D eigenvalue weighted by atomic mass is 35.5. The summed E-state index contributed by atoms with van der Waals surface area (Å²) >= 11 is 5.57. The Bertz CT molecular complexity index is 596. The molecule has 0 aliphatic carbocycles. The van der Waals surface area contributed by atoms with Crippen molar-refractivity contribution in [3.8, 4) is 5.69 Å². The van der Waals surface area contributed by atoms with Gasteiger partial charge in [-0.25, -0.2) is 0 Å².